The summed E-state index contributed by atoms with van der Waals surface area (Å²) in [6.45, 7) is 5.16. The molecule has 0 saturated carbocycles. The number of carboxylic acids is 1. The number of nitrogens with one attached hydrogen (secondary N) is 1. The lowest BCUT2D eigenvalue weighted by Gasteiger charge is -2.18. The maximum atomic E-state index is 10.3. The van der Waals surface area contributed by atoms with E-state index in [-0.39, 0.29) is 5.92 Å². The molecule has 2 N–H and O–H groups in total. The Morgan fingerprint density at radius 1 is 1.09 bits per heavy atom. The van der Waals surface area contributed by atoms with Crippen molar-refractivity contribution in [3.8, 4) is 0 Å². The second-order valence-electron chi connectivity index (χ2n) is 6.66. The predicted octanol–water partition coefficient (Wildman–Crippen LogP) is 3.76. The van der Waals surface area contributed by atoms with Crippen LogP contribution in [0.25, 0.3) is 0 Å². The van der Waals surface area contributed by atoms with Gasteiger partial charge >= 0.3 is 5.97 Å². The van der Waals surface area contributed by atoms with Gasteiger partial charge in [0, 0.05) is 6.54 Å². The number of aliphatic carboxylic acids is 1. The molecular weight excluding hydrogens is 276 g/mol. The molecule has 0 aliphatic carbocycles. The third-order valence-electron chi connectivity index (χ3n) is 4.10. The minimum atomic E-state index is -0.665. The van der Waals surface area contributed by atoms with Crippen LogP contribution in [0.1, 0.15) is 71.1 Å². The largest absolute Gasteiger partial charge is 0.481 e. The zero-order chi connectivity index (χ0) is 16.6. The lowest BCUT2D eigenvalue weighted by molar-refractivity contribution is -0.142. The van der Waals surface area contributed by atoms with Gasteiger partial charge in [-0.3, -0.25) is 4.79 Å². The number of hydrogen-bond acceptors (Lipinski definition) is 3. The molecule has 1 heterocycles. The Morgan fingerprint density at radius 2 is 1.68 bits per heavy atom. The molecular formula is C18H38N2O2. The van der Waals surface area contributed by atoms with E-state index in [1.807, 2.05) is 0 Å². The Balaban J connectivity index is 0.000000425. The second kappa shape index (κ2) is 15.3. The molecule has 1 saturated heterocycles. The third-order valence-corrected chi connectivity index (χ3v) is 4.10. The fraction of sp³-hybridized carbons (Fsp3) is 0.944. The molecule has 0 aromatic heterocycles. The monoisotopic (exact) mass is 314 g/mol. The Bertz CT molecular complexity index is 251. The summed E-state index contributed by atoms with van der Waals surface area (Å²) >= 11 is 0. The van der Waals surface area contributed by atoms with Gasteiger partial charge in [-0.2, -0.15) is 0 Å². The zero-order valence-corrected chi connectivity index (χ0v) is 15.1. The summed E-state index contributed by atoms with van der Waals surface area (Å²) in [5.41, 5.74) is 0. The highest BCUT2D eigenvalue weighted by Gasteiger charge is 2.18. The molecule has 1 aliphatic rings. The van der Waals surface area contributed by atoms with Crippen molar-refractivity contribution < 1.29 is 9.90 Å². The zero-order valence-electron chi connectivity index (χ0n) is 15.1. The number of piperidine rings is 1. The highest BCUT2D eigenvalue weighted by Crippen LogP contribution is 2.09. The summed E-state index contributed by atoms with van der Waals surface area (Å²) in [5.74, 6) is -0.805. The SMILES string of the molecule is CCCCCCCCCCN(C)C.O=C(O)C1CCCNC1. The van der Waals surface area contributed by atoms with Crippen molar-refractivity contribution in [2.75, 3.05) is 33.7 Å². The standard InChI is InChI=1S/C12H27N.C6H11NO2/c1-4-5-6-7-8-9-10-11-12-13(2)3;8-6(9)5-2-1-3-7-4-5/h4-12H2,1-3H3;5,7H,1-4H2,(H,8,9). The fourth-order valence-corrected chi connectivity index (χ4v) is 2.62. The Morgan fingerprint density at radius 3 is 2.09 bits per heavy atom. The first-order valence-electron chi connectivity index (χ1n) is 9.16. The summed E-state index contributed by atoms with van der Waals surface area (Å²) in [4.78, 5) is 12.6. The van der Waals surface area contributed by atoms with Crippen molar-refractivity contribution in [1.29, 1.82) is 0 Å². The van der Waals surface area contributed by atoms with Crippen molar-refractivity contribution in [3.05, 3.63) is 0 Å². The highest BCUT2D eigenvalue weighted by molar-refractivity contribution is 5.70. The van der Waals surface area contributed by atoms with Gasteiger partial charge in [0.25, 0.3) is 0 Å². The van der Waals surface area contributed by atoms with E-state index in [0.717, 1.165) is 19.4 Å². The number of carboxylic acid groups (broad SMARTS) is 1. The van der Waals surface area contributed by atoms with Crippen LogP contribution in [0.3, 0.4) is 0 Å². The van der Waals surface area contributed by atoms with Crippen molar-refractivity contribution in [2.45, 2.75) is 71.1 Å². The number of hydrogen-bond donors (Lipinski definition) is 2. The van der Waals surface area contributed by atoms with Crippen LogP contribution in [0.5, 0.6) is 0 Å². The van der Waals surface area contributed by atoms with Crippen molar-refractivity contribution in [3.63, 3.8) is 0 Å². The van der Waals surface area contributed by atoms with E-state index in [1.54, 1.807) is 0 Å². The smallest absolute Gasteiger partial charge is 0.307 e. The quantitative estimate of drug-likeness (QED) is 0.603. The maximum Gasteiger partial charge on any atom is 0.307 e. The molecule has 4 nitrogen and oxygen atoms in total. The van der Waals surface area contributed by atoms with E-state index < -0.39 is 5.97 Å². The summed E-state index contributed by atoms with van der Waals surface area (Å²) in [7, 11) is 4.31. The van der Waals surface area contributed by atoms with Gasteiger partial charge in [-0.15, -0.1) is 0 Å². The van der Waals surface area contributed by atoms with Crippen LogP contribution in [-0.4, -0.2) is 49.7 Å². The molecule has 0 radical (unpaired) electrons. The van der Waals surface area contributed by atoms with Gasteiger partial charge in [-0.05, 0) is 46.4 Å². The molecule has 0 aromatic carbocycles. The molecule has 1 fully saturated rings. The van der Waals surface area contributed by atoms with Crippen LogP contribution in [0, 0.1) is 5.92 Å². The molecule has 1 unspecified atom stereocenters. The number of nitrogens with zero attached hydrogens (tertiary/aromatic N) is 1. The van der Waals surface area contributed by atoms with Crippen LogP contribution in [-0.2, 0) is 4.79 Å². The molecule has 0 spiro atoms. The molecule has 132 valence electrons. The van der Waals surface area contributed by atoms with Crippen molar-refractivity contribution in [1.82, 2.24) is 10.2 Å². The summed E-state index contributed by atoms with van der Waals surface area (Å²) in [5, 5.41) is 11.5. The second-order valence-corrected chi connectivity index (χ2v) is 6.66. The molecule has 0 amide bonds. The van der Waals surface area contributed by atoms with Crippen LogP contribution in [0.2, 0.25) is 0 Å². The van der Waals surface area contributed by atoms with Gasteiger partial charge in [0.1, 0.15) is 0 Å². The molecule has 1 atom stereocenters. The van der Waals surface area contributed by atoms with E-state index >= 15 is 0 Å². The van der Waals surface area contributed by atoms with Crippen LogP contribution in [0.4, 0.5) is 0 Å². The summed E-state index contributed by atoms with van der Waals surface area (Å²) < 4.78 is 0. The Hall–Kier alpha value is -0.610. The van der Waals surface area contributed by atoms with Crippen molar-refractivity contribution in [2.24, 2.45) is 5.92 Å². The van der Waals surface area contributed by atoms with E-state index in [9.17, 15) is 4.79 Å². The van der Waals surface area contributed by atoms with E-state index in [4.69, 9.17) is 5.11 Å². The van der Waals surface area contributed by atoms with Crippen LogP contribution >= 0.6 is 0 Å². The Labute approximate surface area is 137 Å². The lowest BCUT2D eigenvalue weighted by Crippen LogP contribution is -2.34. The van der Waals surface area contributed by atoms with E-state index in [1.165, 1.54) is 57.9 Å². The highest BCUT2D eigenvalue weighted by atomic mass is 16.4. The normalized spacial score (nSPS) is 17.9. The molecule has 1 aliphatic heterocycles. The number of unbranched alkanes of at least 4 members (excludes halogenated alkanes) is 7. The first-order chi connectivity index (χ1) is 10.6. The first-order valence-corrected chi connectivity index (χ1v) is 9.16. The van der Waals surface area contributed by atoms with E-state index in [2.05, 4.69) is 31.2 Å². The fourth-order valence-electron chi connectivity index (χ4n) is 2.62. The predicted molar refractivity (Wildman–Crippen MR) is 94.4 cm³/mol. The summed E-state index contributed by atoms with van der Waals surface area (Å²) in [6, 6.07) is 0. The minimum absolute atomic E-state index is 0.140. The molecule has 0 bridgehead atoms. The lowest BCUT2D eigenvalue weighted by atomic mass is 10.0. The van der Waals surface area contributed by atoms with Gasteiger partial charge < -0.3 is 15.3 Å². The van der Waals surface area contributed by atoms with E-state index in [0.29, 0.717) is 6.54 Å². The van der Waals surface area contributed by atoms with Gasteiger partial charge in [-0.1, -0.05) is 51.9 Å². The first kappa shape index (κ1) is 21.4. The minimum Gasteiger partial charge on any atom is -0.481 e. The van der Waals surface area contributed by atoms with Gasteiger partial charge in [0.05, 0.1) is 5.92 Å². The third kappa shape index (κ3) is 14.3. The van der Waals surface area contributed by atoms with Crippen LogP contribution in [0.15, 0.2) is 0 Å². The van der Waals surface area contributed by atoms with Crippen LogP contribution < -0.4 is 5.32 Å². The molecule has 1 rings (SSSR count). The molecule has 4 heteroatoms. The number of carbonyl (C=O) groups is 1. The topological polar surface area (TPSA) is 52.6 Å². The average molecular weight is 315 g/mol. The maximum absolute atomic E-state index is 10.3. The number of rotatable bonds is 10. The van der Waals surface area contributed by atoms with Gasteiger partial charge in [-0.25, -0.2) is 0 Å². The molecule has 0 aromatic rings. The van der Waals surface area contributed by atoms with Crippen molar-refractivity contribution >= 4 is 5.97 Å². The van der Waals surface area contributed by atoms with Gasteiger partial charge in [0.2, 0.25) is 0 Å². The summed E-state index contributed by atoms with van der Waals surface area (Å²) in [6.07, 6.45) is 13.2. The average Bonchev–Trinajstić information content (AvgIpc) is 2.51. The molecule has 22 heavy (non-hydrogen) atoms. The van der Waals surface area contributed by atoms with Gasteiger partial charge in [0.15, 0.2) is 0 Å². The Kier molecular flexibility index (Phi) is 14.9.